The average molecular weight is 456 g/mol. The topological polar surface area (TPSA) is 106 Å². The van der Waals surface area contributed by atoms with Gasteiger partial charge in [-0.2, -0.15) is 0 Å². The lowest BCUT2D eigenvalue weighted by Gasteiger charge is -2.14. The third kappa shape index (κ3) is 4.55. The van der Waals surface area contributed by atoms with Crippen LogP contribution in [0.2, 0.25) is 0 Å². The Morgan fingerprint density at radius 1 is 0.941 bits per heavy atom. The number of fused-ring (bicyclic) bond motifs is 2. The van der Waals surface area contributed by atoms with Crippen LogP contribution < -0.4 is 21.7 Å². The van der Waals surface area contributed by atoms with Gasteiger partial charge in [0.15, 0.2) is 0 Å². The van der Waals surface area contributed by atoms with E-state index >= 15 is 0 Å². The van der Waals surface area contributed by atoms with Crippen LogP contribution in [0.3, 0.4) is 0 Å². The van der Waals surface area contributed by atoms with Crippen LogP contribution in [0, 0.1) is 0 Å². The summed E-state index contributed by atoms with van der Waals surface area (Å²) in [4.78, 5) is 19.5. The third-order valence-corrected chi connectivity index (χ3v) is 6.09. The minimum atomic E-state index is -0.367. The van der Waals surface area contributed by atoms with Crippen LogP contribution >= 0.6 is 0 Å². The molecule has 7 nitrogen and oxygen atoms in total. The van der Waals surface area contributed by atoms with Crippen molar-refractivity contribution < 1.29 is 9.53 Å². The molecule has 1 fully saturated rings. The number of unbranched alkanes of at least 4 members (excludes halogenated alkanes) is 2. The lowest BCUT2D eigenvalue weighted by molar-refractivity contribution is 0.0499. The van der Waals surface area contributed by atoms with E-state index < -0.39 is 0 Å². The largest absolute Gasteiger partial charge is 0.462 e. The summed E-state index contributed by atoms with van der Waals surface area (Å²) in [6.07, 6.45) is 2.70. The smallest absolute Gasteiger partial charge is 0.340 e. The fraction of sp³-hybridized carbons (Fsp3) is 0.259. The Morgan fingerprint density at radius 2 is 1.62 bits per heavy atom. The molecular weight excluding hydrogens is 426 g/mol. The molecule has 0 atom stereocenters. The first-order valence-corrected chi connectivity index (χ1v) is 11.7. The van der Waals surface area contributed by atoms with Crippen molar-refractivity contribution in [3.05, 3.63) is 66.2 Å². The number of rotatable bonds is 9. The Balaban J connectivity index is 1.14. The van der Waals surface area contributed by atoms with Crippen molar-refractivity contribution in [3.8, 4) is 0 Å². The van der Waals surface area contributed by atoms with E-state index in [4.69, 9.17) is 21.2 Å². The molecule has 1 aliphatic heterocycles. The van der Waals surface area contributed by atoms with Gasteiger partial charge in [-0.3, -0.25) is 0 Å². The van der Waals surface area contributed by atoms with E-state index in [0.717, 1.165) is 72.1 Å². The SMILES string of the molecule is Nc1cc(N)c(N2CC2)c(C(=O)OCCCCCNc2c3ccccc3nc3ccccc23)c1. The van der Waals surface area contributed by atoms with Gasteiger partial charge in [-0.15, -0.1) is 0 Å². The Hall–Kier alpha value is -4.00. The number of ether oxygens (including phenoxy) is 1. The zero-order valence-electron chi connectivity index (χ0n) is 19.1. The van der Waals surface area contributed by atoms with Crippen molar-refractivity contribution in [2.75, 3.05) is 47.9 Å². The van der Waals surface area contributed by atoms with E-state index in [9.17, 15) is 4.79 Å². The molecule has 1 aliphatic rings. The highest BCUT2D eigenvalue weighted by atomic mass is 16.5. The lowest BCUT2D eigenvalue weighted by atomic mass is 10.1. The summed E-state index contributed by atoms with van der Waals surface area (Å²) in [7, 11) is 0. The maximum atomic E-state index is 12.6. The zero-order valence-corrected chi connectivity index (χ0v) is 19.1. The lowest BCUT2D eigenvalue weighted by Crippen LogP contribution is -2.12. The number of carbonyl (C=O) groups excluding carboxylic acids is 1. The monoisotopic (exact) mass is 455 g/mol. The predicted molar refractivity (Wildman–Crippen MR) is 139 cm³/mol. The standard InChI is InChI=1S/C27H29N5O2/c28-18-16-21(26(22(29)17-18)32-13-14-32)27(33)34-15-7-1-6-12-30-25-19-8-2-4-10-23(19)31-24-11-5-3-9-20(24)25/h2-5,8-11,16-17H,1,6-7,12-15,28-29H2,(H,30,31). The average Bonchev–Trinajstić information content (AvgIpc) is 3.67. The maximum Gasteiger partial charge on any atom is 0.340 e. The summed E-state index contributed by atoms with van der Waals surface area (Å²) >= 11 is 0. The Labute approximate surface area is 198 Å². The highest BCUT2D eigenvalue weighted by molar-refractivity contribution is 6.07. The summed E-state index contributed by atoms with van der Waals surface area (Å²) in [5.41, 5.74) is 17.3. The van der Waals surface area contributed by atoms with Crippen molar-refractivity contribution >= 4 is 50.5 Å². The summed E-state index contributed by atoms with van der Waals surface area (Å²) in [5, 5.41) is 5.86. The molecule has 0 radical (unpaired) electrons. The van der Waals surface area contributed by atoms with E-state index in [-0.39, 0.29) is 5.97 Å². The van der Waals surface area contributed by atoms with Gasteiger partial charge < -0.3 is 26.4 Å². The number of nitrogens with one attached hydrogen (secondary N) is 1. The van der Waals surface area contributed by atoms with Gasteiger partial charge >= 0.3 is 5.97 Å². The van der Waals surface area contributed by atoms with E-state index in [1.165, 1.54) is 0 Å². The highest BCUT2D eigenvalue weighted by Crippen LogP contribution is 2.35. The van der Waals surface area contributed by atoms with E-state index in [1.807, 2.05) is 41.3 Å². The van der Waals surface area contributed by atoms with Crippen LogP contribution in [0.15, 0.2) is 60.7 Å². The first-order chi connectivity index (χ1) is 16.6. The second kappa shape index (κ2) is 9.47. The minimum absolute atomic E-state index is 0.367. The summed E-state index contributed by atoms with van der Waals surface area (Å²) in [6, 6.07) is 19.7. The molecule has 5 N–H and O–H groups in total. The summed E-state index contributed by atoms with van der Waals surface area (Å²) in [6.45, 7) is 2.98. The number of benzene rings is 3. The molecule has 0 saturated carbocycles. The van der Waals surface area contributed by atoms with Crippen LogP contribution in [0.1, 0.15) is 29.6 Å². The zero-order chi connectivity index (χ0) is 23.5. The van der Waals surface area contributed by atoms with Crippen molar-refractivity contribution in [3.63, 3.8) is 0 Å². The molecule has 0 spiro atoms. The van der Waals surface area contributed by atoms with Crippen LogP contribution in [0.4, 0.5) is 22.7 Å². The number of aromatic nitrogens is 1. The molecule has 1 saturated heterocycles. The molecule has 1 aromatic heterocycles. The number of esters is 1. The fourth-order valence-corrected chi connectivity index (χ4v) is 4.35. The Kier molecular flexibility index (Phi) is 6.08. The van der Waals surface area contributed by atoms with Gasteiger partial charge in [0.2, 0.25) is 0 Å². The molecule has 2 heterocycles. The van der Waals surface area contributed by atoms with E-state index in [1.54, 1.807) is 12.1 Å². The molecule has 0 amide bonds. The molecule has 174 valence electrons. The third-order valence-electron chi connectivity index (χ3n) is 6.09. The summed E-state index contributed by atoms with van der Waals surface area (Å²) in [5.74, 6) is -0.367. The van der Waals surface area contributed by atoms with Gasteiger partial charge in [-0.1, -0.05) is 36.4 Å². The normalized spacial score (nSPS) is 12.8. The molecule has 3 aromatic carbocycles. The Bertz CT molecular complexity index is 1300. The number of carbonyl (C=O) groups is 1. The maximum absolute atomic E-state index is 12.6. The van der Waals surface area contributed by atoms with Gasteiger partial charge in [0.25, 0.3) is 0 Å². The number of pyridine rings is 1. The highest BCUT2D eigenvalue weighted by Gasteiger charge is 2.27. The summed E-state index contributed by atoms with van der Waals surface area (Å²) < 4.78 is 5.53. The molecule has 0 aliphatic carbocycles. The van der Waals surface area contributed by atoms with Gasteiger partial charge in [0.05, 0.1) is 40.3 Å². The fourth-order valence-electron chi connectivity index (χ4n) is 4.35. The van der Waals surface area contributed by atoms with Crippen LogP contribution in [0.5, 0.6) is 0 Å². The number of anilines is 4. The van der Waals surface area contributed by atoms with E-state index in [0.29, 0.717) is 23.5 Å². The number of hydrogen-bond acceptors (Lipinski definition) is 7. The predicted octanol–water partition coefficient (Wildman–Crippen LogP) is 4.81. The second-order valence-corrected chi connectivity index (χ2v) is 8.64. The molecule has 0 unspecified atom stereocenters. The molecule has 5 rings (SSSR count). The molecule has 7 heteroatoms. The van der Waals surface area contributed by atoms with Gasteiger partial charge in [-0.25, -0.2) is 9.78 Å². The number of nitrogens with zero attached hydrogens (tertiary/aromatic N) is 2. The van der Waals surface area contributed by atoms with Crippen molar-refractivity contribution in [1.29, 1.82) is 0 Å². The quantitative estimate of drug-likeness (QED) is 0.109. The van der Waals surface area contributed by atoms with Crippen LogP contribution in [0.25, 0.3) is 21.8 Å². The number of nitrogens with two attached hydrogens (primary N) is 2. The first kappa shape index (κ1) is 21.8. The minimum Gasteiger partial charge on any atom is -0.462 e. The molecule has 0 bridgehead atoms. The van der Waals surface area contributed by atoms with Gasteiger partial charge in [0, 0.05) is 36.1 Å². The number of hydrogen-bond donors (Lipinski definition) is 3. The number of para-hydroxylation sites is 2. The van der Waals surface area contributed by atoms with Crippen molar-refractivity contribution in [2.45, 2.75) is 19.3 Å². The van der Waals surface area contributed by atoms with E-state index in [2.05, 4.69) is 17.4 Å². The van der Waals surface area contributed by atoms with Crippen LogP contribution in [-0.4, -0.2) is 37.2 Å². The second-order valence-electron chi connectivity index (χ2n) is 8.64. The van der Waals surface area contributed by atoms with Crippen molar-refractivity contribution in [2.24, 2.45) is 0 Å². The number of nitrogen functional groups attached to an aromatic ring is 2. The van der Waals surface area contributed by atoms with Crippen LogP contribution in [-0.2, 0) is 4.74 Å². The van der Waals surface area contributed by atoms with Crippen molar-refractivity contribution in [1.82, 2.24) is 4.98 Å². The molecule has 4 aromatic rings. The van der Waals surface area contributed by atoms with Gasteiger partial charge in [0.1, 0.15) is 0 Å². The Morgan fingerprint density at radius 3 is 2.29 bits per heavy atom. The first-order valence-electron chi connectivity index (χ1n) is 11.7. The van der Waals surface area contributed by atoms with Gasteiger partial charge in [-0.05, 0) is 43.5 Å². The molecule has 34 heavy (non-hydrogen) atoms. The molecular formula is C27H29N5O2.